The summed E-state index contributed by atoms with van der Waals surface area (Å²) in [6.45, 7) is 0.659. The van der Waals surface area contributed by atoms with Crippen molar-refractivity contribution in [1.82, 2.24) is 9.88 Å². The third-order valence-electron chi connectivity index (χ3n) is 4.64. The Morgan fingerprint density at radius 2 is 1.96 bits per heavy atom. The van der Waals surface area contributed by atoms with E-state index < -0.39 is 6.04 Å². The molecule has 1 atom stereocenters. The molecule has 2 aliphatic rings. The third kappa shape index (κ3) is 3.42. The summed E-state index contributed by atoms with van der Waals surface area (Å²) in [5.41, 5.74) is 1.49. The smallest absolute Gasteiger partial charge is 0.248 e. The fourth-order valence-corrected chi connectivity index (χ4v) is 3.86. The molecule has 1 aliphatic heterocycles. The van der Waals surface area contributed by atoms with Crippen LogP contribution < -0.4 is 5.32 Å². The van der Waals surface area contributed by atoms with Gasteiger partial charge in [-0.3, -0.25) is 9.59 Å². The minimum atomic E-state index is -0.397. The molecule has 2 heterocycles. The predicted molar refractivity (Wildman–Crippen MR) is 93.6 cm³/mol. The molecule has 2 aromatic rings. The van der Waals surface area contributed by atoms with Gasteiger partial charge in [-0.1, -0.05) is 0 Å². The molecular formula is C18H18FN3O2S. The van der Waals surface area contributed by atoms with Crippen LogP contribution >= 0.6 is 11.3 Å². The van der Waals surface area contributed by atoms with E-state index in [0.717, 1.165) is 24.8 Å². The van der Waals surface area contributed by atoms with Gasteiger partial charge >= 0.3 is 0 Å². The summed E-state index contributed by atoms with van der Waals surface area (Å²) in [6, 6.07) is 5.68. The number of carbonyl (C=O) groups is 2. The van der Waals surface area contributed by atoms with Crippen molar-refractivity contribution in [1.29, 1.82) is 0 Å². The number of halogens is 1. The summed E-state index contributed by atoms with van der Waals surface area (Å²) in [5.74, 6) is -0.234. The van der Waals surface area contributed by atoms with Crippen LogP contribution in [-0.2, 0) is 9.59 Å². The predicted octanol–water partition coefficient (Wildman–Crippen LogP) is 3.29. The van der Waals surface area contributed by atoms with Crippen molar-refractivity contribution in [3.63, 3.8) is 0 Å². The minimum Gasteiger partial charge on any atom is -0.330 e. The van der Waals surface area contributed by atoms with E-state index in [1.807, 2.05) is 5.38 Å². The van der Waals surface area contributed by atoms with Crippen LogP contribution in [0, 0.1) is 11.7 Å². The average Bonchev–Trinajstić information content (AvgIpc) is 3.15. The largest absolute Gasteiger partial charge is 0.330 e. The van der Waals surface area contributed by atoms with Crippen molar-refractivity contribution in [2.24, 2.45) is 5.92 Å². The van der Waals surface area contributed by atoms with E-state index in [9.17, 15) is 14.0 Å². The summed E-state index contributed by atoms with van der Waals surface area (Å²) in [6.07, 6.45) is 3.43. The number of thiazole rings is 1. The molecule has 2 amide bonds. The molecule has 4 rings (SSSR count). The molecule has 1 unspecified atom stereocenters. The Labute approximate surface area is 148 Å². The number of likely N-dealkylation sites (tertiary alicyclic amines) is 1. The fraction of sp³-hybridized carbons (Fsp3) is 0.389. The van der Waals surface area contributed by atoms with Gasteiger partial charge < -0.3 is 10.2 Å². The zero-order chi connectivity index (χ0) is 17.4. The zero-order valence-electron chi connectivity index (χ0n) is 13.6. The highest BCUT2D eigenvalue weighted by Crippen LogP contribution is 2.34. The second-order valence-corrected chi connectivity index (χ2v) is 7.36. The molecule has 5 nitrogen and oxygen atoms in total. The van der Waals surface area contributed by atoms with E-state index in [2.05, 4.69) is 10.3 Å². The van der Waals surface area contributed by atoms with Crippen LogP contribution in [0.5, 0.6) is 0 Å². The van der Waals surface area contributed by atoms with Crippen molar-refractivity contribution in [3.8, 4) is 11.3 Å². The first kappa shape index (κ1) is 16.2. The number of benzene rings is 1. The molecule has 0 spiro atoms. The lowest BCUT2D eigenvalue weighted by Gasteiger charge is -2.23. The fourth-order valence-electron chi connectivity index (χ4n) is 3.14. The highest BCUT2D eigenvalue weighted by molar-refractivity contribution is 7.14. The summed E-state index contributed by atoms with van der Waals surface area (Å²) in [4.78, 5) is 31.0. The van der Waals surface area contributed by atoms with E-state index in [0.29, 0.717) is 23.8 Å². The van der Waals surface area contributed by atoms with Gasteiger partial charge in [-0.05, 0) is 49.9 Å². The van der Waals surface area contributed by atoms with Crippen LogP contribution in [0.25, 0.3) is 11.3 Å². The Kier molecular flexibility index (Phi) is 4.25. The molecule has 0 radical (unpaired) electrons. The van der Waals surface area contributed by atoms with Crippen LogP contribution in [0.2, 0.25) is 0 Å². The van der Waals surface area contributed by atoms with Crippen LogP contribution in [-0.4, -0.2) is 34.3 Å². The van der Waals surface area contributed by atoms with E-state index in [1.165, 1.54) is 23.5 Å². The maximum Gasteiger partial charge on any atom is 0.248 e. The van der Waals surface area contributed by atoms with Gasteiger partial charge in [-0.25, -0.2) is 9.37 Å². The van der Waals surface area contributed by atoms with Gasteiger partial charge in [0.1, 0.15) is 11.9 Å². The zero-order valence-corrected chi connectivity index (χ0v) is 14.4. The van der Waals surface area contributed by atoms with Gasteiger partial charge in [0.25, 0.3) is 0 Å². The van der Waals surface area contributed by atoms with Crippen LogP contribution in [0.3, 0.4) is 0 Å². The summed E-state index contributed by atoms with van der Waals surface area (Å²) in [7, 11) is 0. The molecule has 1 aromatic carbocycles. The Morgan fingerprint density at radius 3 is 2.68 bits per heavy atom. The second kappa shape index (κ2) is 6.55. The van der Waals surface area contributed by atoms with Crippen LogP contribution in [0.4, 0.5) is 9.52 Å². The van der Waals surface area contributed by atoms with Crippen molar-refractivity contribution < 1.29 is 14.0 Å². The molecular weight excluding hydrogens is 341 g/mol. The number of carbonyl (C=O) groups excluding carboxylic acids is 2. The molecule has 25 heavy (non-hydrogen) atoms. The van der Waals surface area contributed by atoms with Crippen molar-refractivity contribution in [3.05, 3.63) is 35.5 Å². The lowest BCUT2D eigenvalue weighted by Crippen LogP contribution is -2.43. The molecule has 2 fully saturated rings. The summed E-state index contributed by atoms with van der Waals surface area (Å²) in [5, 5.41) is 5.15. The number of hydrogen-bond acceptors (Lipinski definition) is 4. The number of nitrogens with one attached hydrogen (secondary N) is 1. The molecule has 1 saturated carbocycles. The SMILES string of the molecule is O=C(Nc1nc(-c2ccc(F)cc2)cs1)C1CCCN1C(=O)C1CC1. The first-order chi connectivity index (χ1) is 12.1. The Balaban J connectivity index is 1.44. The molecule has 1 saturated heterocycles. The maximum atomic E-state index is 13.0. The van der Waals surface area contributed by atoms with Gasteiger partial charge in [0.05, 0.1) is 5.69 Å². The number of amides is 2. The highest BCUT2D eigenvalue weighted by atomic mass is 32.1. The van der Waals surface area contributed by atoms with Gasteiger partial charge in [0.2, 0.25) is 11.8 Å². The molecule has 1 aliphatic carbocycles. The molecule has 0 bridgehead atoms. The van der Waals surface area contributed by atoms with E-state index in [1.54, 1.807) is 17.0 Å². The van der Waals surface area contributed by atoms with Crippen LogP contribution in [0.15, 0.2) is 29.6 Å². The lowest BCUT2D eigenvalue weighted by atomic mass is 10.2. The van der Waals surface area contributed by atoms with Crippen molar-refractivity contribution in [2.45, 2.75) is 31.7 Å². The first-order valence-electron chi connectivity index (χ1n) is 8.44. The number of nitrogens with zero attached hydrogens (tertiary/aromatic N) is 2. The average molecular weight is 359 g/mol. The van der Waals surface area contributed by atoms with Gasteiger partial charge in [-0.2, -0.15) is 0 Å². The lowest BCUT2D eigenvalue weighted by molar-refractivity contribution is -0.137. The van der Waals surface area contributed by atoms with Gasteiger partial charge in [0, 0.05) is 23.4 Å². The normalized spacial score (nSPS) is 19.9. The van der Waals surface area contributed by atoms with Crippen molar-refractivity contribution in [2.75, 3.05) is 11.9 Å². The number of rotatable bonds is 4. The van der Waals surface area contributed by atoms with E-state index >= 15 is 0 Å². The molecule has 1 N–H and O–H groups in total. The molecule has 130 valence electrons. The maximum absolute atomic E-state index is 13.0. The standard InChI is InChI=1S/C18H18FN3O2S/c19-13-7-5-11(6-8-13)14-10-25-18(20-14)21-16(23)15-2-1-9-22(15)17(24)12-3-4-12/h5-8,10,12,15H,1-4,9H2,(H,20,21,23). The quantitative estimate of drug-likeness (QED) is 0.911. The number of anilines is 1. The number of aromatic nitrogens is 1. The van der Waals surface area contributed by atoms with Crippen molar-refractivity contribution >= 4 is 28.3 Å². The molecule has 7 heteroatoms. The Morgan fingerprint density at radius 1 is 1.20 bits per heavy atom. The monoisotopic (exact) mass is 359 g/mol. The second-order valence-electron chi connectivity index (χ2n) is 6.50. The molecule has 1 aromatic heterocycles. The first-order valence-corrected chi connectivity index (χ1v) is 9.32. The Hall–Kier alpha value is -2.28. The highest BCUT2D eigenvalue weighted by Gasteiger charge is 2.40. The van der Waals surface area contributed by atoms with E-state index in [4.69, 9.17) is 0 Å². The summed E-state index contributed by atoms with van der Waals surface area (Å²) < 4.78 is 13.0. The van der Waals surface area contributed by atoms with Crippen LogP contribution in [0.1, 0.15) is 25.7 Å². The number of hydrogen-bond donors (Lipinski definition) is 1. The minimum absolute atomic E-state index is 0.115. The van der Waals surface area contributed by atoms with E-state index in [-0.39, 0.29) is 23.5 Å². The van der Waals surface area contributed by atoms with Gasteiger partial charge in [-0.15, -0.1) is 11.3 Å². The Bertz CT molecular complexity index is 801. The summed E-state index contributed by atoms with van der Waals surface area (Å²) >= 11 is 1.32. The van der Waals surface area contributed by atoms with Gasteiger partial charge in [0.15, 0.2) is 5.13 Å². The third-order valence-corrected chi connectivity index (χ3v) is 5.40. The topological polar surface area (TPSA) is 62.3 Å².